The molecule has 0 amide bonds. The minimum Gasteiger partial charge on any atom is -0.134 e. The Morgan fingerprint density at radius 3 is 3.00 bits per heavy atom. The summed E-state index contributed by atoms with van der Waals surface area (Å²) in [6.07, 6.45) is 1.12. The minimum atomic E-state index is 1.12. The highest BCUT2D eigenvalue weighted by Crippen LogP contribution is 2.25. The Morgan fingerprint density at radius 1 is 1.42 bits per heavy atom. The molecule has 0 saturated heterocycles. The molecule has 0 aliphatic rings. The second-order valence-corrected chi connectivity index (χ2v) is 3.86. The standard InChI is InChI=1S/C11H11S/c1-3-9-4-5-11-10(6-9)8(2)7-12-11/h4-6H,3H2,1-2H3. The summed E-state index contributed by atoms with van der Waals surface area (Å²) in [5.74, 6) is 0. The molecule has 61 valence electrons. The number of hydrogen-bond donors (Lipinski definition) is 0. The van der Waals surface area contributed by atoms with Crippen molar-refractivity contribution >= 4 is 21.4 Å². The smallest absolute Gasteiger partial charge is 0.0487 e. The maximum Gasteiger partial charge on any atom is 0.0487 e. The second-order valence-electron chi connectivity index (χ2n) is 3.01. The molecule has 0 N–H and O–H groups in total. The van der Waals surface area contributed by atoms with Gasteiger partial charge in [0, 0.05) is 10.1 Å². The molecule has 2 rings (SSSR count). The van der Waals surface area contributed by atoms with E-state index in [0.29, 0.717) is 0 Å². The molecule has 0 fully saturated rings. The molecule has 1 heterocycles. The van der Waals surface area contributed by atoms with E-state index in [1.54, 1.807) is 11.3 Å². The van der Waals surface area contributed by atoms with E-state index >= 15 is 0 Å². The molecule has 1 aromatic heterocycles. The average molecular weight is 175 g/mol. The van der Waals surface area contributed by atoms with Crippen molar-refractivity contribution in [1.82, 2.24) is 0 Å². The van der Waals surface area contributed by atoms with E-state index in [0.717, 1.165) is 6.42 Å². The van der Waals surface area contributed by atoms with Gasteiger partial charge in [0.05, 0.1) is 0 Å². The van der Waals surface area contributed by atoms with Crippen LogP contribution in [-0.4, -0.2) is 0 Å². The summed E-state index contributed by atoms with van der Waals surface area (Å²) in [6.45, 7) is 4.31. The van der Waals surface area contributed by atoms with Crippen molar-refractivity contribution in [2.75, 3.05) is 0 Å². The summed E-state index contributed by atoms with van der Waals surface area (Å²) in [5.41, 5.74) is 2.70. The highest BCUT2D eigenvalue weighted by atomic mass is 32.1. The van der Waals surface area contributed by atoms with Gasteiger partial charge in [-0.05, 0) is 35.9 Å². The van der Waals surface area contributed by atoms with E-state index in [2.05, 4.69) is 37.4 Å². The first-order chi connectivity index (χ1) is 5.81. The third-order valence-corrected chi connectivity index (χ3v) is 3.15. The van der Waals surface area contributed by atoms with Gasteiger partial charge in [-0.1, -0.05) is 19.1 Å². The molecule has 0 saturated carbocycles. The van der Waals surface area contributed by atoms with Gasteiger partial charge in [0.15, 0.2) is 0 Å². The Hall–Kier alpha value is -0.820. The normalized spacial score (nSPS) is 10.8. The SMILES string of the molecule is CCc1ccc2s[c]c(C)c2c1. The highest BCUT2D eigenvalue weighted by Gasteiger charge is 2.00. The molecule has 1 aromatic carbocycles. The molecule has 0 aliphatic carbocycles. The van der Waals surface area contributed by atoms with Crippen LogP contribution in [0.3, 0.4) is 0 Å². The van der Waals surface area contributed by atoms with Crippen LogP contribution in [0.15, 0.2) is 18.2 Å². The zero-order chi connectivity index (χ0) is 8.55. The Morgan fingerprint density at radius 2 is 2.25 bits per heavy atom. The molecule has 0 aliphatic heterocycles. The number of rotatable bonds is 1. The third-order valence-electron chi connectivity index (χ3n) is 2.17. The molecule has 0 unspecified atom stereocenters. The van der Waals surface area contributed by atoms with E-state index in [1.165, 1.54) is 21.2 Å². The van der Waals surface area contributed by atoms with Gasteiger partial charge in [-0.3, -0.25) is 0 Å². The van der Waals surface area contributed by atoms with Crippen LogP contribution in [0.5, 0.6) is 0 Å². The molecular formula is C11H11S. The van der Waals surface area contributed by atoms with Crippen molar-refractivity contribution in [3.8, 4) is 0 Å². The molecule has 0 bridgehead atoms. The summed E-state index contributed by atoms with van der Waals surface area (Å²) in [6, 6.07) is 6.67. The lowest BCUT2D eigenvalue weighted by Crippen LogP contribution is -1.77. The molecule has 0 spiro atoms. The van der Waals surface area contributed by atoms with Crippen LogP contribution in [0.25, 0.3) is 10.1 Å². The van der Waals surface area contributed by atoms with Gasteiger partial charge in [0.1, 0.15) is 0 Å². The maximum atomic E-state index is 3.27. The van der Waals surface area contributed by atoms with Crippen LogP contribution >= 0.6 is 11.3 Å². The number of thiophene rings is 1. The fourth-order valence-corrected chi connectivity index (χ4v) is 2.20. The van der Waals surface area contributed by atoms with Crippen molar-refractivity contribution in [2.45, 2.75) is 20.3 Å². The zero-order valence-corrected chi connectivity index (χ0v) is 8.16. The summed E-state index contributed by atoms with van der Waals surface area (Å²) in [7, 11) is 0. The zero-order valence-electron chi connectivity index (χ0n) is 7.35. The van der Waals surface area contributed by atoms with Gasteiger partial charge in [-0.2, -0.15) is 0 Å². The van der Waals surface area contributed by atoms with Gasteiger partial charge in [-0.25, -0.2) is 0 Å². The van der Waals surface area contributed by atoms with E-state index < -0.39 is 0 Å². The van der Waals surface area contributed by atoms with Crippen LogP contribution in [0, 0.1) is 12.3 Å². The van der Waals surface area contributed by atoms with Crippen LogP contribution in [0.2, 0.25) is 0 Å². The lowest BCUT2D eigenvalue weighted by molar-refractivity contribution is 1.15. The molecule has 0 nitrogen and oxygen atoms in total. The predicted octanol–water partition coefficient (Wildman–Crippen LogP) is 3.57. The van der Waals surface area contributed by atoms with Crippen LogP contribution < -0.4 is 0 Å². The fraction of sp³-hybridized carbons (Fsp3) is 0.273. The quantitative estimate of drug-likeness (QED) is 0.621. The van der Waals surface area contributed by atoms with E-state index in [4.69, 9.17) is 0 Å². The van der Waals surface area contributed by atoms with Crippen LogP contribution in [-0.2, 0) is 6.42 Å². The van der Waals surface area contributed by atoms with Crippen LogP contribution in [0.1, 0.15) is 18.1 Å². The Bertz CT molecular complexity index is 398. The van der Waals surface area contributed by atoms with E-state index in [1.807, 2.05) is 0 Å². The number of hydrogen-bond acceptors (Lipinski definition) is 1. The number of benzene rings is 1. The molecule has 1 radical (unpaired) electrons. The van der Waals surface area contributed by atoms with Gasteiger partial charge in [0.2, 0.25) is 0 Å². The Labute approximate surface area is 76.8 Å². The van der Waals surface area contributed by atoms with Crippen molar-refractivity contribution < 1.29 is 0 Å². The molecule has 12 heavy (non-hydrogen) atoms. The third kappa shape index (κ3) is 1.14. The van der Waals surface area contributed by atoms with Crippen molar-refractivity contribution in [3.05, 3.63) is 34.7 Å². The fourth-order valence-electron chi connectivity index (χ4n) is 1.37. The molecular weight excluding hydrogens is 164 g/mol. The van der Waals surface area contributed by atoms with E-state index in [9.17, 15) is 0 Å². The second kappa shape index (κ2) is 2.91. The summed E-state index contributed by atoms with van der Waals surface area (Å²) < 4.78 is 1.35. The first-order valence-corrected chi connectivity index (χ1v) is 5.02. The lowest BCUT2D eigenvalue weighted by Gasteiger charge is -1.96. The van der Waals surface area contributed by atoms with Gasteiger partial charge in [-0.15, -0.1) is 11.3 Å². The highest BCUT2D eigenvalue weighted by molar-refractivity contribution is 7.16. The number of aryl methyl sites for hydroxylation is 2. The van der Waals surface area contributed by atoms with Gasteiger partial charge < -0.3 is 0 Å². The lowest BCUT2D eigenvalue weighted by atomic mass is 10.1. The maximum absolute atomic E-state index is 3.27. The monoisotopic (exact) mass is 175 g/mol. The largest absolute Gasteiger partial charge is 0.134 e. The van der Waals surface area contributed by atoms with Gasteiger partial charge in [0.25, 0.3) is 0 Å². The van der Waals surface area contributed by atoms with Crippen molar-refractivity contribution in [3.63, 3.8) is 0 Å². The predicted molar refractivity (Wildman–Crippen MR) is 54.8 cm³/mol. The molecule has 2 aromatic rings. The first kappa shape index (κ1) is 7.81. The summed E-state index contributed by atoms with van der Waals surface area (Å²) in [5, 5.41) is 4.64. The van der Waals surface area contributed by atoms with Gasteiger partial charge >= 0.3 is 0 Å². The van der Waals surface area contributed by atoms with Crippen molar-refractivity contribution in [1.29, 1.82) is 0 Å². The van der Waals surface area contributed by atoms with Crippen LogP contribution in [0.4, 0.5) is 0 Å². The van der Waals surface area contributed by atoms with Crippen molar-refractivity contribution in [2.24, 2.45) is 0 Å². The topological polar surface area (TPSA) is 0 Å². The molecule has 1 heteroatoms. The average Bonchev–Trinajstić information content (AvgIpc) is 2.47. The first-order valence-electron chi connectivity index (χ1n) is 4.21. The summed E-state index contributed by atoms with van der Waals surface area (Å²) in [4.78, 5) is 0. The molecule has 0 atom stereocenters. The number of fused-ring (bicyclic) bond motifs is 1. The Balaban J connectivity index is 2.71. The Kier molecular flexibility index (Phi) is 1.89. The minimum absolute atomic E-state index is 1.12. The van der Waals surface area contributed by atoms with E-state index in [-0.39, 0.29) is 0 Å². The summed E-state index contributed by atoms with van der Waals surface area (Å²) >= 11 is 1.71.